The van der Waals surface area contributed by atoms with E-state index in [2.05, 4.69) is 0 Å². The highest BCUT2D eigenvalue weighted by Crippen LogP contribution is 2.41. The van der Waals surface area contributed by atoms with E-state index in [0.717, 1.165) is 12.8 Å². The maximum absolute atomic E-state index is 12.7. The summed E-state index contributed by atoms with van der Waals surface area (Å²) in [6.07, 6.45) is 4.53. The Morgan fingerprint density at radius 3 is 2.68 bits per heavy atom. The van der Waals surface area contributed by atoms with Crippen LogP contribution in [0.15, 0.2) is 30.3 Å². The molecule has 2 rings (SSSR count). The van der Waals surface area contributed by atoms with E-state index in [-0.39, 0.29) is 11.4 Å². The predicted molar refractivity (Wildman–Crippen MR) is 81.3 cm³/mol. The standard InChI is InChI=1S/C16H20N2O4/c1-18(16(9-10-16)11-22-2)15(20)13-6-4-3-5-12(13)7-8-14(19)17-21/h3-8,21H,9-11H2,1-2H3,(H,17,19). The van der Waals surface area contributed by atoms with Gasteiger partial charge in [0.2, 0.25) is 0 Å². The molecule has 0 aliphatic heterocycles. The number of nitrogens with zero attached hydrogens (tertiary/aromatic N) is 1. The fraction of sp³-hybridized carbons (Fsp3) is 0.375. The number of carbonyl (C=O) groups is 2. The van der Waals surface area contributed by atoms with Crippen LogP contribution in [0.5, 0.6) is 0 Å². The quantitative estimate of drug-likeness (QED) is 0.474. The van der Waals surface area contributed by atoms with E-state index in [1.807, 2.05) is 0 Å². The second-order valence-electron chi connectivity index (χ2n) is 5.42. The van der Waals surface area contributed by atoms with Crippen molar-refractivity contribution in [2.75, 3.05) is 20.8 Å². The zero-order valence-corrected chi connectivity index (χ0v) is 12.7. The normalized spacial score (nSPS) is 15.6. The lowest BCUT2D eigenvalue weighted by Gasteiger charge is -2.28. The SMILES string of the molecule is COCC1(N(C)C(=O)c2ccccc2C=CC(=O)NO)CC1. The average Bonchev–Trinajstić information content (AvgIpc) is 3.32. The first-order valence-electron chi connectivity index (χ1n) is 7.02. The first-order valence-corrected chi connectivity index (χ1v) is 7.02. The topological polar surface area (TPSA) is 78.9 Å². The van der Waals surface area contributed by atoms with Crippen molar-refractivity contribution >= 4 is 17.9 Å². The molecule has 0 spiro atoms. The van der Waals surface area contributed by atoms with Gasteiger partial charge in [-0.1, -0.05) is 18.2 Å². The Kier molecular flexibility index (Phi) is 4.95. The molecule has 118 valence electrons. The van der Waals surface area contributed by atoms with E-state index < -0.39 is 5.91 Å². The number of hydrogen-bond donors (Lipinski definition) is 2. The van der Waals surface area contributed by atoms with E-state index in [1.54, 1.807) is 43.3 Å². The van der Waals surface area contributed by atoms with Crippen LogP contribution in [0.1, 0.15) is 28.8 Å². The van der Waals surface area contributed by atoms with E-state index in [0.29, 0.717) is 17.7 Å². The number of methoxy groups -OCH3 is 1. The lowest BCUT2D eigenvalue weighted by Crippen LogP contribution is -2.42. The summed E-state index contributed by atoms with van der Waals surface area (Å²) in [4.78, 5) is 25.5. The summed E-state index contributed by atoms with van der Waals surface area (Å²) in [5.74, 6) is -0.757. The number of hydrogen-bond acceptors (Lipinski definition) is 4. The van der Waals surface area contributed by atoms with E-state index in [4.69, 9.17) is 9.94 Å². The van der Waals surface area contributed by atoms with Crippen molar-refractivity contribution < 1.29 is 19.5 Å². The summed E-state index contributed by atoms with van der Waals surface area (Å²) in [5, 5.41) is 8.51. The van der Waals surface area contributed by atoms with Gasteiger partial charge in [0.25, 0.3) is 11.8 Å². The van der Waals surface area contributed by atoms with Gasteiger partial charge in [-0.15, -0.1) is 0 Å². The number of rotatable bonds is 6. The summed E-state index contributed by atoms with van der Waals surface area (Å²) < 4.78 is 5.21. The van der Waals surface area contributed by atoms with Gasteiger partial charge < -0.3 is 9.64 Å². The van der Waals surface area contributed by atoms with Gasteiger partial charge in [-0.3, -0.25) is 14.8 Å². The Morgan fingerprint density at radius 1 is 1.41 bits per heavy atom. The number of likely N-dealkylation sites (N-methyl/N-ethyl adjacent to an activating group) is 1. The Bertz CT molecular complexity index is 594. The lowest BCUT2D eigenvalue weighted by molar-refractivity contribution is -0.124. The summed E-state index contributed by atoms with van der Waals surface area (Å²) in [7, 11) is 3.40. The molecule has 2 N–H and O–H groups in total. The van der Waals surface area contributed by atoms with Crippen LogP contribution >= 0.6 is 0 Å². The minimum absolute atomic E-state index is 0.112. The van der Waals surface area contributed by atoms with Gasteiger partial charge in [0.15, 0.2) is 0 Å². The number of carbonyl (C=O) groups excluding carboxylic acids is 2. The molecule has 1 saturated carbocycles. The fourth-order valence-electron chi connectivity index (χ4n) is 2.43. The highest BCUT2D eigenvalue weighted by Gasteiger charge is 2.48. The highest BCUT2D eigenvalue weighted by atomic mass is 16.5. The summed E-state index contributed by atoms with van der Waals surface area (Å²) in [5.41, 5.74) is 2.43. The second kappa shape index (κ2) is 6.72. The summed E-state index contributed by atoms with van der Waals surface area (Å²) in [6.45, 7) is 0.514. The van der Waals surface area contributed by atoms with Crippen LogP contribution in [0.25, 0.3) is 6.08 Å². The molecule has 1 aromatic carbocycles. The Balaban J connectivity index is 2.23. The number of benzene rings is 1. The highest BCUT2D eigenvalue weighted by molar-refractivity contribution is 6.00. The molecule has 1 aliphatic carbocycles. The fourth-order valence-corrected chi connectivity index (χ4v) is 2.43. The molecule has 0 radical (unpaired) electrons. The van der Waals surface area contributed by atoms with Crippen molar-refractivity contribution in [1.82, 2.24) is 10.4 Å². The minimum atomic E-state index is -0.645. The molecule has 6 nitrogen and oxygen atoms in total. The van der Waals surface area contributed by atoms with Crippen molar-refractivity contribution in [2.24, 2.45) is 0 Å². The van der Waals surface area contributed by atoms with Gasteiger partial charge in [-0.2, -0.15) is 0 Å². The van der Waals surface area contributed by atoms with Gasteiger partial charge in [-0.05, 0) is 30.5 Å². The molecular weight excluding hydrogens is 284 g/mol. The van der Waals surface area contributed by atoms with Crippen LogP contribution in [0.3, 0.4) is 0 Å². The van der Waals surface area contributed by atoms with Crippen LogP contribution in [0.4, 0.5) is 0 Å². The maximum atomic E-state index is 12.7. The number of hydroxylamine groups is 1. The molecule has 0 atom stereocenters. The molecule has 1 aromatic rings. The van der Waals surface area contributed by atoms with Crippen LogP contribution < -0.4 is 5.48 Å². The third-order valence-electron chi connectivity index (χ3n) is 3.97. The Hall–Kier alpha value is -2.18. The average molecular weight is 304 g/mol. The number of nitrogens with one attached hydrogen (secondary N) is 1. The van der Waals surface area contributed by atoms with Gasteiger partial charge in [0.05, 0.1) is 12.1 Å². The van der Waals surface area contributed by atoms with Crippen molar-refractivity contribution in [3.63, 3.8) is 0 Å². The van der Waals surface area contributed by atoms with Crippen LogP contribution in [0.2, 0.25) is 0 Å². The van der Waals surface area contributed by atoms with E-state index >= 15 is 0 Å². The lowest BCUT2D eigenvalue weighted by atomic mass is 10.0. The zero-order valence-electron chi connectivity index (χ0n) is 12.7. The Labute approximate surface area is 129 Å². The minimum Gasteiger partial charge on any atom is -0.382 e. The smallest absolute Gasteiger partial charge is 0.267 e. The van der Waals surface area contributed by atoms with Gasteiger partial charge >= 0.3 is 0 Å². The third-order valence-corrected chi connectivity index (χ3v) is 3.97. The number of amides is 2. The van der Waals surface area contributed by atoms with Crippen LogP contribution in [0, 0.1) is 0 Å². The zero-order chi connectivity index (χ0) is 16.2. The molecule has 0 heterocycles. The second-order valence-corrected chi connectivity index (χ2v) is 5.42. The molecule has 0 unspecified atom stereocenters. The predicted octanol–water partition coefficient (Wildman–Crippen LogP) is 1.46. The molecule has 0 saturated heterocycles. The molecule has 0 aromatic heterocycles. The molecular formula is C16H20N2O4. The number of ether oxygens (including phenoxy) is 1. The first kappa shape index (κ1) is 16.2. The maximum Gasteiger partial charge on any atom is 0.267 e. The van der Waals surface area contributed by atoms with Gasteiger partial charge in [-0.25, -0.2) is 5.48 Å². The molecule has 2 amide bonds. The molecule has 1 fully saturated rings. The van der Waals surface area contributed by atoms with E-state index in [9.17, 15) is 9.59 Å². The van der Waals surface area contributed by atoms with Crippen molar-refractivity contribution in [3.05, 3.63) is 41.5 Å². The van der Waals surface area contributed by atoms with Gasteiger partial charge in [0, 0.05) is 25.8 Å². The van der Waals surface area contributed by atoms with Crippen LogP contribution in [-0.4, -0.2) is 48.2 Å². The largest absolute Gasteiger partial charge is 0.382 e. The third kappa shape index (κ3) is 3.35. The van der Waals surface area contributed by atoms with Crippen LogP contribution in [-0.2, 0) is 9.53 Å². The summed E-state index contributed by atoms with van der Waals surface area (Å²) >= 11 is 0. The van der Waals surface area contributed by atoms with Gasteiger partial charge in [0.1, 0.15) is 0 Å². The van der Waals surface area contributed by atoms with E-state index in [1.165, 1.54) is 17.6 Å². The van der Waals surface area contributed by atoms with Crippen molar-refractivity contribution in [2.45, 2.75) is 18.4 Å². The molecule has 0 bridgehead atoms. The Morgan fingerprint density at radius 2 is 2.09 bits per heavy atom. The summed E-state index contributed by atoms with van der Waals surface area (Å²) in [6, 6.07) is 7.03. The molecule has 6 heteroatoms. The molecule has 1 aliphatic rings. The first-order chi connectivity index (χ1) is 10.5. The van der Waals surface area contributed by atoms with Crippen molar-refractivity contribution in [3.8, 4) is 0 Å². The molecule has 22 heavy (non-hydrogen) atoms. The van der Waals surface area contributed by atoms with Crippen molar-refractivity contribution in [1.29, 1.82) is 0 Å². The monoisotopic (exact) mass is 304 g/mol.